The number of nitrogens with one attached hydrogen (secondary N) is 2. The number of hydrogen-bond donors (Lipinski definition) is 3. The number of aromatic nitrogens is 1. The highest BCUT2D eigenvalue weighted by Gasteiger charge is 2.24. The first-order valence-corrected chi connectivity index (χ1v) is 10.2. The van der Waals surface area contributed by atoms with Gasteiger partial charge in [-0.2, -0.15) is 0 Å². The largest absolute Gasteiger partial charge is 0.369 e. The molecule has 0 radical (unpaired) electrons. The molecule has 0 saturated carbocycles. The summed E-state index contributed by atoms with van der Waals surface area (Å²) >= 11 is 0. The summed E-state index contributed by atoms with van der Waals surface area (Å²) in [5, 5.41) is 6.57. The van der Waals surface area contributed by atoms with E-state index >= 15 is 0 Å². The molecule has 0 unspecified atom stereocenters. The second-order valence-corrected chi connectivity index (χ2v) is 7.38. The Hall–Kier alpha value is -3.16. The van der Waals surface area contributed by atoms with Gasteiger partial charge in [0.05, 0.1) is 0 Å². The third-order valence-electron chi connectivity index (χ3n) is 5.33. The number of pyridine rings is 1. The number of rotatable bonds is 7. The van der Waals surface area contributed by atoms with E-state index in [1.165, 1.54) is 6.07 Å². The van der Waals surface area contributed by atoms with Crippen molar-refractivity contribution < 1.29 is 9.18 Å². The van der Waals surface area contributed by atoms with Crippen LogP contribution in [0.5, 0.6) is 0 Å². The second-order valence-electron chi connectivity index (χ2n) is 7.38. The molecule has 1 aromatic carbocycles. The van der Waals surface area contributed by atoms with E-state index in [9.17, 15) is 9.18 Å². The molecular formula is C22H29FN6O. The van der Waals surface area contributed by atoms with Crippen molar-refractivity contribution in [1.82, 2.24) is 15.6 Å². The summed E-state index contributed by atoms with van der Waals surface area (Å²) in [6.45, 7) is 2.73. The topological polar surface area (TPSA) is 95.6 Å². The third-order valence-corrected chi connectivity index (χ3v) is 5.33. The highest BCUT2D eigenvalue weighted by Crippen LogP contribution is 2.24. The van der Waals surface area contributed by atoms with Crippen LogP contribution in [0, 0.1) is 11.7 Å². The van der Waals surface area contributed by atoms with Crippen LogP contribution in [0.15, 0.2) is 47.6 Å². The quantitative estimate of drug-likeness (QED) is 0.476. The summed E-state index contributed by atoms with van der Waals surface area (Å²) in [5.74, 6) is 1.11. The van der Waals surface area contributed by atoms with Crippen molar-refractivity contribution >= 4 is 17.7 Å². The van der Waals surface area contributed by atoms with Crippen LogP contribution in [0.1, 0.15) is 24.0 Å². The summed E-state index contributed by atoms with van der Waals surface area (Å²) in [4.78, 5) is 22.4. The molecule has 0 atom stereocenters. The van der Waals surface area contributed by atoms with Crippen molar-refractivity contribution in [3.05, 3.63) is 59.5 Å². The van der Waals surface area contributed by atoms with E-state index in [0.29, 0.717) is 25.5 Å². The normalized spacial score (nSPS) is 15.1. The van der Waals surface area contributed by atoms with Gasteiger partial charge in [0.15, 0.2) is 5.96 Å². The van der Waals surface area contributed by atoms with Crippen LogP contribution in [-0.2, 0) is 17.8 Å². The van der Waals surface area contributed by atoms with E-state index in [0.717, 1.165) is 42.9 Å². The smallest absolute Gasteiger partial charge is 0.220 e. The minimum atomic E-state index is -0.223. The lowest BCUT2D eigenvalue weighted by Gasteiger charge is -2.32. The van der Waals surface area contributed by atoms with Crippen molar-refractivity contribution in [2.24, 2.45) is 16.6 Å². The van der Waals surface area contributed by atoms with Gasteiger partial charge in [-0.25, -0.2) is 9.37 Å². The van der Waals surface area contributed by atoms with Gasteiger partial charge in [0, 0.05) is 50.9 Å². The zero-order chi connectivity index (χ0) is 21.3. The first kappa shape index (κ1) is 21.5. The monoisotopic (exact) mass is 412 g/mol. The lowest BCUT2D eigenvalue weighted by atomic mass is 9.96. The number of benzene rings is 1. The predicted molar refractivity (Wildman–Crippen MR) is 117 cm³/mol. The molecule has 0 aliphatic carbocycles. The molecule has 1 amide bonds. The van der Waals surface area contributed by atoms with Crippen molar-refractivity contribution in [3.8, 4) is 0 Å². The van der Waals surface area contributed by atoms with Gasteiger partial charge in [0.2, 0.25) is 5.91 Å². The molecular weight excluding hydrogens is 383 g/mol. The fourth-order valence-electron chi connectivity index (χ4n) is 3.65. The molecule has 1 saturated heterocycles. The molecule has 1 fully saturated rings. The molecule has 160 valence electrons. The van der Waals surface area contributed by atoms with Crippen LogP contribution in [0.3, 0.4) is 0 Å². The van der Waals surface area contributed by atoms with Gasteiger partial charge >= 0.3 is 0 Å². The molecule has 0 spiro atoms. The molecule has 4 N–H and O–H groups in total. The highest BCUT2D eigenvalue weighted by molar-refractivity contribution is 5.79. The number of guanidine groups is 1. The standard InChI is InChI=1S/C22H29FN6O/c1-25-22(27-11-7-16-4-2-6-19(23)14-16)28-15-18-5-3-10-26-21(18)29-12-8-17(9-13-29)20(24)30/h2-6,10,14,17H,7-9,11-13,15H2,1H3,(H2,24,30)(H2,25,27,28). The van der Waals surface area contributed by atoms with Gasteiger partial charge in [-0.05, 0) is 43.0 Å². The molecule has 2 aromatic rings. The summed E-state index contributed by atoms with van der Waals surface area (Å²) < 4.78 is 13.3. The SMILES string of the molecule is CN=C(NCCc1cccc(F)c1)NCc1cccnc1N1CCC(C(N)=O)CC1. The van der Waals surface area contributed by atoms with Crippen LogP contribution >= 0.6 is 0 Å². The number of aliphatic imine (C=N–C) groups is 1. The number of hydrogen-bond acceptors (Lipinski definition) is 4. The Labute approximate surface area is 176 Å². The van der Waals surface area contributed by atoms with Crippen LogP contribution in [0.25, 0.3) is 0 Å². The maximum absolute atomic E-state index is 13.3. The van der Waals surface area contributed by atoms with Gasteiger partial charge in [-0.15, -0.1) is 0 Å². The van der Waals surface area contributed by atoms with E-state index in [1.54, 1.807) is 25.4 Å². The molecule has 2 heterocycles. The van der Waals surface area contributed by atoms with Gasteiger partial charge in [-0.1, -0.05) is 18.2 Å². The molecule has 30 heavy (non-hydrogen) atoms. The number of nitrogens with zero attached hydrogens (tertiary/aromatic N) is 3. The summed E-state index contributed by atoms with van der Waals surface area (Å²) in [5.41, 5.74) is 7.44. The summed E-state index contributed by atoms with van der Waals surface area (Å²) in [6.07, 6.45) is 3.99. The maximum atomic E-state index is 13.3. The lowest BCUT2D eigenvalue weighted by Crippen LogP contribution is -2.40. The first-order chi connectivity index (χ1) is 14.6. The van der Waals surface area contributed by atoms with E-state index in [-0.39, 0.29) is 17.6 Å². The highest BCUT2D eigenvalue weighted by atomic mass is 19.1. The Morgan fingerprint density at radius 3 is 2.77 bits per heavy atom. The summed E-state index contributed by atoms with van der Waals surface area (Å²) in [6, 6.07) is 10.6. The number of piperidine rings is 1. The van der Waals surface area contributed by atoms with Crippen molar-refractivity contribution in [3.63, 3.8) is 0 Å². The van der Waals surface area contributed by atoms with Gasteiger partial charge < -0.3 is 21.3 Å². The number of nitrogens with two attached hydrogens (primary N) is 1. The van der Waals surface area contributed by atoms with Crippen LogP contribution in [-0.4, -0.2) is 43.5 Å². The number of halogens is 1. The zero-order valence-electron chi connectivity index (χ0n) is 17.3. The number of carbonyl (C=O) groups is 1. The Balaban J connectivity index is 1.53. The van der Waals surface area contributed by atoms with E-state index in [4.69, 9.17) is 5.73 Å². The Morgan fingerprint density at radius 1 is 1.27 bits per heavy atom. The zero-order valence-corrected chi connectivity index (χ0v) is 17.3. The fraction of sp³-hybridized carbons (Fsp3) is 0.409. The molecule has 8 heteroatoms. The number of anilines is 1. The van der Waals surface area contributed by atoms with E-state index in [2.05, 4.69) is 25.5 Å². The Morgan fingerprint density at radius 2 is 2.07 bits per heavy atom. The van der Waals surface area contributed by atoms with E-state index < -0.39 is 0 Å². The average Bonchev–Trinajstić information content (AvgIpc) is 2.76. The fourth-order valence-corrected chi connectivity index (χ4v) is 3.65. The molecule has 3 rings (SSSR count). The molecule has 0 bridgehead atoms. The molecule has 1 aliphatic rings. The van der Waals surface area contributed by atoms with Gasteiger partial charge in [-0.3, -0.25) is 9.79 Å². The van der Waals surface area contributed by atoms with Crippen LogP contribution in [0.4, 0.5) is 10.2 Å². The molecule has 1 aromatic heterocycles. The van der Waals surface area contributed by atoms with Crippen molar-refractivity contribution in [2.75, 3.05) is 31.6 Å². The van der Waals surface area contributed by atoms with Crippen molar-refractivity contribution in [1.29, 1.82) is 0 Å². The average molecular weight is 413 g/mol. The minimum Gasteiger partial charge on any atom is -0.369 e. The number of amides is 1. The Bertz CT molecular complexity index is 879. The molecule has 1 aliphatic heterocycles. The maximum Gasteiger partial charge on any atom is 0.220 e. The van der Waals surface area contributed by atoms with Gasteiger partial charge in [0.25, 0.3) is 0 Å². The first-order valence-electron chi connectivity index (χ1n) is 10.2. The number of primary amides is 1. The Kier molecular flexibility index (Phi) is 7.59. The number of carbonyl (C=O) groups excluding carboxylic acids is 1. The minimum absolute atomic E-state index is 0.0485. The van der Waals surface area contributed by atoms with Gasteiger partial charge in [0.1, 0.15) is 11.6 Å². The third kappa shape index (κ3) is 5.92. The summed E-state index contributed by atoms with van der Waals surface area (Å²) in [7, 11) is 1.72. The predicted octanol–water partition coefficient (Wildman–Crippen LogP) is 1.83. The molecule has 7 nitrogen and oxygen atoms in total. The van der Waals surface area contributed by atoms with Crippen LogP contribution in [0.2, 0.25) is 0 Å². The van der Waals surface area contributed by atoms with E-state index in [1.807, 2.05) is 18.2 Å². The lowest BCUT2D eigenvalue weighted by molar-refractivity contribution is -0.122. The van der Waals surface area contributed by atoms with Crippen molar-refractivity contribution in [2.45, 2.75) is 25.8 Å². The van der Waals surface area contributed by atoms with Crippen LogP contribution < -0.4 is 21.3 Å². The second kappa shape index (κ2) is 10.6.